The number of rotatable bonds is 2. The molecule has 0 aliphatic rings. The summed E-state index contributed by atoms with van der Waals surface area (Å²) >= 11 is 0. The normalized spacial score (nSPS) is 13.0. The molecule has 60 valence electrons. The van der Waals surface area contributed by atoms with Gasteiger partial charge in [-0.05, 0) is 18.6 Å². The van der Waals surface area contributed by atoms with Crippen LogP contribution in [-0.2, 0) is 0 Å². The molecule has 0 unspecified atom stereocenters. The van der Waals surface area contributed by atoms with E-state index >= 15 is 0 Å². The smallest absolute Gasteiger partial charge is 0.147 e. The Morgan fingerprint density at radius 3 is 3.00 bits per heavy atom. The Balaban J connectivity index is 2.93. The van der Waals surface area contributed by atoms with Gasteiger partial charge in [-0.1, -0.05) is 6.92 Å². The molecule has 1 aromatic heterocycles. The summed E-state index contributed by atoms with van der Waals surface area (Å²) in [6, 6.07) is 2.79. The van der Waals surface area contributed by atoms with E-state index in [0.717, 1.165) is 0 Å². The highest BCUT2D eigenvalue weighted by atomic mass is 19.1. The van der Waals surface area contributed by atoms with Crippen molar-refractivity contribution in [2.75, 3.05) is 0 Å². The molecule has 0 spiro atoms. The number of pyridine rings is 1. The van der Waals surface area contributed by atoms with Crippen molar-refractivity contribution >= 4 is 0 Å². The monoisotopic (exact) mass is 155 g/mol. The van der Waals surface area contributed by atoms with E-state index in [-0.39, 0.29) is 5.69 Å². The number of halogens is 1. The van der Waals surface area contributed by atoms with Gasteiger partial charge in [0.25, 0.3) is 0 Å². The van der Waals surface area contributed by atoms with Gasteiger partial charge in [-0.15, -0.1) is 0 Å². The second-order valence-electron chi connectivity index (χ2n) is 2.29. The first kappa shape index (κ1) is 8.14. The summed E-state index contributed by atoms with van der Waals surface area (Å²) in [6.07, 6.45) is 1.17. The molecule has 3 heteroatoms. The van der Waals surface area contributed by atoms with E-state index in [2.05, 4.69) is 4.98 Å². The largest absolute Gasteiger partial charge is 0.387 e. The molecule has 0 amide bonds. The highest BCUT2D eigenvalue weighted by Crippen LogP contribution is 2.15. The van der Waals surface area contributed by atoms with Gasteiger partial charge in [0.15, 0.2) is 0 Å². The van der Waals surface area contributed by atoms with E-state index in [9.17, 15) is 9.50 Å². The molecule has 0 aromatic carbocycles. The molecular weight excluding hydrogens is 145 g/mol. The molecule has 11 heavy (non-hydrogen) atoms. The molecule has 1 rings (SSSR count). The molecular formula is C8H10FNO. The maximum atomic E-state index is 12.8. The van der Waals surface area contributed by atoms with Gasteiger partial charge < -0.3 is 5.11 Å². The molecule has 0 radical (unpaired) electrons. The van der Waals surface area contributed by atoms with Gasteiger partial charge in [0.2, 0.25) is 0 Å². The van der Waals surface area contributed by atoms with Crippen LogP contribution in [-0.4, -0.2) is 10.1 Å². The van der Waals surface area contributed by atoms with Crippen LogP contribution < -0.4 is 0 Å². The molecule has 0 fully saturated rings. The van der Waals surface area contributed by atoms with Crippen molar-refractivity contribution in [1.82, 2.24) is 4.98 Å². The maximum Gasteiger partial charge on any atom is 0.147 e. The van der Waals surface area contributed by atoms with Crippen molar-refractivity contribution in [3.8, 4) is 0 Å². The quantitative estimate of drug-likeness (QED) is 0.704. The lowest BCUT2D eigenvalue weighted by atomic mass is 10.2. The minimum Gasteiger partial charge on any atom is -0.387 e. The molecule has 0 aliphatic heterocycles. The minimum absolute atomic E-state index is 0.134. The van der Waals surface area contributed by atoms with Crippen molar-refractivity contribution < 1.29 is 9.50 Å². The van der Waals surface area contributed by atoms with Crippen LogP contribution in [0, 0.1) is 5.82 Å². The third kappa shape index (κ3) is 1.74. The van der Waals surface area contributed by atoms with E-state index in [4.69, 9.17) is 0 Å². The Morgan fingerprint density at radius 2 is 2.45 bits per heavy atom. The van der Waals surface area contributed by atoms with Crippen LogP contribution in [0.25, 0.3) is 0 Å². The number of nitrogens with zero attached hydrogens (tertiary/aromatic N) is 1. The number of aliphatic hydroxyl groups is 1. The Kier molecular flexibility index (Phi) is 2.54. The Bertz CT molecular complexity index is 239. The zero-order chi connectivity index (χ0) is 8.27. The molecule has 1 heterocycles. The first-order chi connectivity index (χ1) is 5.25. The number of hydrogen-bond acceptors (Lipinski definition) is 2. The predicted octanol–water partition coefficient (Wildman–Crippen LogP) is 1.66. The summed E-state index contributed by atoms with van der Waals surface area (Å²) in [5.41, 5.74) is 0.134. The number of hydrogen-bond donors (Lipinski definition) is 1. The maximum absolute atomic E-state index is 12.8. The van der Waals surface area contributed by atoms with Crippen LogP contribution in [0.5, 0.6) is 0 Å². The predicted molar refractivity (Wildman–Crippen MR) is 39.4 cm³/mol. The second kappa shape index (κ2) is 3.44. The van der Waals surface area contributed by atoms with Crippen LogP contribution in [0.3, 0.4) is 0 Å². The first-order valence-corrected chi connectivity index (χ1v) is 3.54. The SMILES string of the molecule is CC[C@H](O)c1ncccc1F. The molecule has 0 bridgehead atoms. The van der Waals surface area contributed by atoms with Gasteiger partial charge in [-0.3, -0.25) is 4.98 Å². The van der Waals surface area contributed by atoms with Crippen molar-refractivity contribution in [1.29, 1.82) is 0 Å². The van der Waals surface area contributed by atoms with Crippen LogP contribution in [0.1, 0.15) is 25.1 Å². The molecule has 1 atom stereocenters. The zero-order valence-corrected chi connectivity index (χ0v) is 6.29. The van der Waals surface area contributed by atoms with Gasteiger partial charge in [0, 0.05) is 6.20 Å². The van der Waals surface area contributed by atoms with Crippen molar-refractivity contribution in [2.24, 2.45) is 0 Å². The lowest BCUT2D eigenvalue weighted by Gasteiger charge is -2.06. The molecule has 2 nitrogen and oxygen atoms in total. The van der Waals surface area contributed by atoms with Crippen LogP contribution >= 0.6 is 0 Å². The van der Waals surface area contributed by atoms with Crippen LogP contribution in [0.2, 0.25) is 0 Å². The summed E-state index contributed by atoms with van der Waals surface area (Å²) in [5, 5.41) is 9.21. The summed E-state index contributed by atoms with van der Waals surface area (Å²) in [5.74, 6) is -0.443. The van der Waals surface area contributed by atoms with Crippen LogP contribution in [0.4, 0.5) is 4.39 Å². The van der Waals surface area contributed by atoms with Crippen LogP contribution in [0.15, 0.2) is 18.3 Å². The Labute approximate surface area is 64.7 Å². The van der Waals surface area contributed by atoms with Crippen molar-refractivity contribution in [3.63, 3.8) is 0 Å². The van der Waals surface area contributed by atoms with Crippen molar-refractivity contribution in [3.05, 3.63) is 29.8 Å². The second-order valence-corrected chi connectivity index (χ2v) is 2.29. The fourth-order valence-corrected chi connectivity index (χ4v) is 0.836. The Morgan fingerprint density at radius 1 is 1.73 bits per heavy atom. The zero-order valence-electron chi connectivity index (χ0n) is 6.29. The fourth-order valence-electron chi connectivity index (χ4n) is 0.836. The van der Waals surface area contributed by atoms with E-state index < -0.39 is 11.9 Å². The van der Waals surface area contributed by atoms with Gasteiger partial charge in [-0.25, -0.2) is 4.39 Å². The average Bonchev–Trinajstić information content (AvgIpc) is 2.04. The highest BCUT2D eigenvalue weighted by molar-refractivity contribution is 5.09. The topological polar surface area (TPSA) is 33.1 Å². The van der Waals surface area contributed by atoms with Gasteiger partial charge in [-0.2, -0.15) is 0 Å². The van der Waals surface area contributed by atoms with E-state index in [1.54, 1.807) is 6.92 Å². The van der Waals surface area contributed by atoms with Gasteiger partial charge in [0.1, 0.15) is 11.5 Å². The molecule has 1 aromatic rings. The third-order valence-corrected chi connectivity index (χ3v) is 1.49. The lowest BCUT2D eigenvalue weighted by molar-refractivity contribution is 0.163. The minimum atomic E-state index is -0.781. The summed E-state index contributed by atoms with van der Waals surface area (Å²) < 4.78 is 12.8. The standard InChI is InChI=1S/C8H10FNO/c1-2-7(11)8-6(9)4-3-5-10-8/h3-5,7,11H,2H2,1H3/t7-/m0/s1. The molecule has 1 N–H and O–H groups in total. The molecule has 0 saturated carbocycles. The van der Waals surface area contributed by atoms with Gasteiger partial charge in [0.05, 0.1) is 6.10 Å². The number of aromatic nitrogens is 1. The summed E-state index contributed by atoms with van der Waals surface area (Å²) in [4.78, 5) is 3.72. The fraction of sp³-hybridized carbons (Fsp3) is 0.375. The molecule has 0 saturated heterocycles. The highest BCUT2D eigenvalue weighted by Gasteiger charge is 2.10. The Hall–Kier alpha value is -0.960. The van der Waals surface area contributed by atoms with E-state index in [1.807, 2.05) is 0 Å². The first-order valence-electron chi connectivity index (χ1n) is 3.54. The average molecular weight is 155 g/mol. The lowest BCUT2D eigenvalue weighted by Crippen LogP contribution is -2.01. The van der Waals surface area contributed by atoms with E-state index in [1.165, 1.54) is 18.3 Å². The molecule has 0 aliphatic carbocycles. The number of aliphatic hydroxyl groups excluding tert-OH is 1. The van der Waals surface area contributed by atoms with Gasteiger partial charge >= 0.3 is 0 Å². The summed E-state index contributed by atoms with van der Waals surface area (Å²) in [7, 11) is 0. The van der Waals surface area contributed by atoms with Crippen molar-refractivity contribution in [2.45, 2.75) is 19.4 Å². The third-order valence-electron chi connectivity index (χ3n) is 1.49. The summed E-state index contributed by atoms with van der Waals surface area (Å²) in [6.45, 7) is 1.78. The van der Waals surface area contributed by atoms with E-state index in [0.29, 0.717) is 6.42 Å².